The van der Waals surface area contributed by atoms with E-state index in [1.54, 1.807) is 26.0 Å². The van der Waals surface area contributed by atoms with E-state index < -0.39 is 29.1 Å². The highest BCUT2D eigenvalue weighted by Gasteiger charge is 2.61. The van der Waals surface area contributed by atoms with Crippen LogP contribution in [0.5, 0.6) is 5.75 Å². The number of Topliss-reactive ketones (excluding diaryl/α,β-unsaturated/α-hetero) is 1. The van der Waals surface area contributed by atoms with E-state index in [1.807, 2.05) is 0 Å². The number of phenolic OH excluding ortho intramolecular Hbond substituents is 1. The summed E-state index contributed by atoms with van der Waals surface area (Å²) >= 11 is 0. The molecule has 1 heterocycles. The van der Waals surface area contributed by atoms with E-state index in [-0.39, 0.29) is 12.4 Å². The zero-order valence-electron chi connectivity index (χ0n) is 12.8. The van der Waals surface area contributed by atoms with Gasteiger partial charge in [0, 0.05) is 11.8 Å². The maximum Gasteiger partial charge on any atom is 0.329 e. The minimum Gasteiger partial charge on any atom is -0.508 e. The normalized spacial score (nSPS) is 24.7. The number of benzene rings is 1. The van der Waals surface area contributed by atoms with Crippen LogP contribution in [0.4, 0.5) is 5.69 Å². The SMILES string of the molecule is CCOC(=O)C1(C)C(=O)C(CC)N(c2cccc(O)c2)C1=O. The minimum atomic E-state index is -1.83. The second kappa shape index (κ2) is 5.79. The van der Waals surface area contributed by atoms with Gasteiger partial charge in [-0.3, -0.25) is 14.4 Å². The lowest BCUT2D eigenvalue weighted by Gasteiger charge is -2.23. The molecule has 1 aromatic carbocycles. The summed E-state index contributed by atoms with van der Waals surface area (Å²) < 4.78 is 4.91. The summed E-state index contributed by atoms with van der Waals surface area (Å²) in [5.41, 5.74) is -1.44. The van der Waals surface area contributed by atoms with Gasteiger partial charge in [0.1, 0.15) is 5.75 Å². The van der Waals surface area contributed by atoms with Crippen LogP contribution in [0.2, 0.25) is 0 Å². The van der Waals surface area contributed by atoms with Crippen LogP contribution in [-0.4, -0.2) is 35.4 Å². The highest BCUT2D eigenvalue weighted by atomic mass is 16.5. The first-order valence-corrected chi connectivity index (χ1v) is 7.22. The number of anilines is 1. The summed E-state index contributed by atoms with van der Waals surface area (Å²) in [6, 6.07) is 5.31. The van der Waals surface area contributed by atoms with Gasteiger partial charge in [0.25, 0.3) is 5.91 Å². The Bertz CT molecular complexity index is 627. The molecular formula is C16H19NO5. The van der Waals surface area contributed by atoms with Crippen molar-refractivity contribution in [3.8, 4) is 5.75 Å². The average Bonchev–Trinajstić information content (AvgIpc) is 2.69. The summed E-state index contributed by atoms with van der Waals surface area (Å²) in [4.78, 5) is 38.8. The quantitative estimate of drug-likeness (QED) is 0.675. The van der Waals surface area contributed by atoms with Crippen LogP contribution in [0.3, 0.4) is 0 Å². The van der Waals surface area contributed by atoms with Gasteiger partial charge >= 0.3 is 5.97 Å². The molecular weight excluding hydrogens is 286 g/mol. The van der Waals surface area contributed by atoms with Gasteiger partial charge in [-0.05, 0) is 32.4 Å². The summed E-state index contributed by atoms with van der Waals surface area (Å²) in [6.07, 6.45) is 0.370. The maximum atomic E-state index is 12.8. The lowest BCUT2D eigenvalue weighted by molar-refractivity contribution is -0.160. The molecule has 1 aliphatic rings. The van der Waals surface area contributed by atoms with Crippen molar-refractivity contribution < 1.29 is 24.2 Å². The van der Waals surface area contributed by atoms with Crippen LogP contribution >= 0.6 is 0 Å². The Hall–Kier alpha value is -2.37. The Morgan fingerprint density at radius 2 is 2.05 bits per heavy atom. The van der Waals surface area contributed by atoms with Crippen molar-refractivity contribution in [2.24, 2.45) is 5.41 Å². The second-order valence-corrected chi connectivity index (χ2v) is 5.33. The van der Waals surface area contributed by atoms with Crippen LogP contribution in [0.25, 0.3) is 0 Å². The number of aromatic hydroxyl groups is 1. The van der Waals surface area contributed by atoms with Crippen LogP contribution in [-0.2, 0) is 19.1 Å². The first kappa shape index (κ1) is 16.0. The molecule has 2 unspecified atom stereocenters. The third-order valence-corrected chi connectivity index (χ3v) is 3.93. The molecule has 0 aromatic heterocycles. The molecule has 1 aromatic rings. The Morgan fingerprint density at radius 1 is 1.36 bits per heavy atom. The van der Waals surface area contributed by atoms with Crippen molar-refractivity contribution in [1.82, 2.24) is 0 Å². The molecule has 2 rings (SSSR count). The first-order chi connectivity index (χ1) is 10.4. The number of amides is 1. The van der Waals surface area contributed by atoms with Crippen molar-refractivity contribution >= 4 is 23.3 Å². The van der Waals surface area contributed by atoms with Gasteiger partial charge in [-0.2, -0.15) is 0 Å². The van der Waals surface area contributed by atoms with Gasteiger partial charge in [-0.25, -0.2) is 0 Å². The Labute approximate surface area is 128 Å². The zero-order valence-corrected chi connectivity index (χ0v) is 12.8. The molecule has 1 aliphatic heterocycles. The first-order valence-electron chi connectivity index (χ1n) is 7.22. The lowest BCUT2D eigenvalue weighted by Crippen LogP contribution is -2.42. The van der Waals surface area contributed by atoms with Gasteiger partial charge in [0.15, 0.2) is 5.78 Å². The molecule has 0 spiro atoms. The number of nitrogens with zero attached hydrogens (tertiary/aromatic N) is 1. The van der Waals surface area contributed by atoms with Gasteiger partial charge in [0.2, 0.25) is 5.41 Å². The molecule has 1 fully saturated rings. The number of ketones is 1. The van der Waals surface area contributed by atoms with Gasteiger partial charge < -0.3 is 14.7 Å². The highest BCUT2D eigenvalue weighted by molar-refractivity contribution is 6.32. The fraction of sp³-hybridized carbons (Fsp3) is 0.438. The topological polar surface area (TPSA) is 83.9 Å². The van der Waals surface area contributed by atoms with Crippen LogP contribution in [0, 0.1) is 5.41 Å². The lowest BCUT2D eigenvalue weighted by atomic mass is 9.85. The number of hydrogen-bond acceptors (Lipinski definition) is 5. The van der Waals surface area contributed by atoms with Crippen LogP contribution in [0.1, 0.15) is 27.2 Å². The predicted octanol–water partition coefficient (Wildman–Crippen LogP) is 1.66. The van der Waals surface area contributed by atoms with E-state index in [4.69, 9.17) is 4.74 Å². The molecule has 0 saturated carbocycles. The zero-order chi connectivity index (χ0) is 16.5. The van der Waals surface area contributed by atoms with Gasteiger partial charge in [-0.1, -0.05) is 13.0 Å². The number of rotatable bonds is 4. The number of esters is 1. The smallest absolute Gasteiger partial charge is 0.329 e. The molecule has 0 aliphatic carbocycles. The number of phenols is 1. The van der Waals surface area contributed by atoms with Crippen LogP contribution in [0.15, 0.2) is 24.3 Å². The Morgan fingerprint density at radius 3 is 2.59 bits per heavy atom. The standard InChI is InChI=1S/C16H19NO5/c1-4-12-13(19)16(3,15(21)22-5-2)14(20)17(12)10-7-6-8-11(18)9-10/h6-9,12,18H,4-5H2,1-3H3. The monoisotopic (exact) mass is 305 g/mol. The Balaban J connectivity index is 2.50. The Kier molecular flexibility index (Phi) is 4.21. The van der Waals surface area contributed by atoms with Gasteiger partial charge in [0.05, 0.1) is 12.6 Å². The third-order valence-electron chi connectivity index (χ3n) is 3.93. The molecule has 118 valence electrons. The minimum absolute atomic E-state index is 0.0164. The van der Waals surface area contributed by atoms with E-state index in [0.29, 0.717) is 12.1 Å². The largest absolute Gasteiger partial charge is 0.508 e. The van der Waals surface area contributed by atoms with Crippen molar-refractivity contribution in [2.75, 3.05) is 11.5 Å². The van der Waals surface area contributed by atoms with Crippen molar-refractivity contribution in [2.45, 2.75) is 33.2 Å². The molecule has 2 atom stereocenters. The number of carbonyl (C=O) groups is 3. The van der Waals surface area contributed by atoms with E-state index >= 15 is 0 Å². The highest BCUT2D eigenvalue weighted by Crippen LogP contribution is 2.39. The third kappa shape index (κ3) is 2.24. The van der Waals surface area contributed by atoms with Crippen LogP contribution < -0.4 is 4.90 Å². The van der Waals surface area contributed by atoms with E-state index in [0.717, 1.165) is 0 Å². The van der Waals surface area contributed by atoms with E-state index in [9.17, 15) is 19.5 Å². The predicted molar refractivity (Wildman–Crippen MR) is 79.4 cm³/mol. The molecule has 1 amide bonds. The molecule has 1 saturated heterocycles. The molecule has 6 heteroatoms. The van der Waals surface area contributed by atoms with Crippen molar-refractivity contribution in [3.05, 3.63) is 24.3 Å². The summed E-state index contributed by atoms with van der Waals surface area (Å²) in [7, 11) is 0. The van der Waals surface area contributed by atoms with Crippen molar-refractivity contribution in [3.63, 3.8) is 0 Å². The fourth-order valence-corrected chi connectivity index (χ4v) is 2.71. The molecule has 22 heavy (non-hydrogen) atoms. The van der Waals surface area contributed by atoms with E-state index in [1.165, 1.54) is 24.0 Å². The number of hydrogen-bond donors (Lipinski definition) is 1. The maximum absolute atomic E-state index is 12.8. The van der Waals surface area contributed by atoms with E-state index in [2.05, 4.69) is 0 Å². The average molecular weight is 305 g/mol. The van der Waals surface area contributed by atoms with Gasteiger partial charge in [-0.15, -0.1) is 0 Å². The summed E-state index contributed by atoms with van der Waals surface area (Å²) in [5, 5.41) is 9.59. The second-order valence-electron chi connectivity index (χ2n) is 5.33. The summed E-state index contributed by atoms with van der Waals surface area (Å²) in [5.74, 6) is -1.93. The fourth-order valence-electron chi connectivity index (χ4n) is 2.71. The van der Waals surface area contributed by atoms with Crippen molar-refractivity contribution in [1.29, 1.82) is 0 Å². The summed E-state index contributed by atoms with van der Waals surface area (Å²) in [6.45, 7) is 4.79. The molecule has 0 radical (unpaired) electrons. The molecule has 0 bridgehead atoms. The number of ether oxygens (including phenoxy) is 1. The molecule has 6 nitrogen and oxygen atoms in total. The molecule has 1 N–H and O–H groups in total. The number of carbonyl (C=O) groups excluding carboxylic acids is 3.